The fraction of sp³-hybridized carbons (Fsp3) is 0.969. The molecule has 0 aromatic heterocycles. The molecule has 0 aromatic carbocycles. The van der Waals surface area contributed by atoms with Gasteiger partial charge in [0.25, 0.3) is 0 Å². The average Bonchev–Trinajstić information content (AvgIpc) is 3.52. The molecule has 1 nitrogen and oxygen atoms in total. The van der Waals surface area contributed by atoms with Gasteiger partial charge in [-0.1, -0.05) is 146 Å². The Bertz CT molecular complexity index is 342. The molecule has 0 N–H and O–H groups in total. The second-order valence-corrected chi connectivity index (χ2v) is 10.9. The van der Waals surface area contributed by atoms with Crippen LogP contribution in [0.25, 0.3) is 0 Å². The maximum Gasteiger partial charge on any atom is 0.132 e. The zero-order chi connectivity index (χ0) is 24.7. The van der Waals surface area contributed by atoms with Crippen molar-refractivity contribution in [2.24, 2.45) is 17.3 Å². The lowest BCUT2D eigenvalue weighted by Gasteiger charge is -2.35. The zero-order valence-electron chi connectivity index (χ0n) is 24.0. The first-order valence-electron chi connectivity index (χ1n) is 14.9. The van der Waals surface area contributed by atoms with E-state index in [-0.39, 0.29) is 7.43 Å². The second-order valence-electron chi connectivity index (χ2n) is 10.9. The topological polar surface area (TPSA) is 17.1 Å². The molecule has 0 saturated heterocycles. The number of hydrogen-bond acceptors (Lipinski definition) is 1. The van der Waals surface area contributed by atoms with Crippen molar-refractivity contribution in [2.75, 3.05) is 0 Å². The first-order valence-corrected chi connectivity index (χ1v) is 14.9. The molecule has 0 heterocycles. The molecule has 0 amide bonds. The summed E-state index contributed by atoms with van der Waals surface area (Å²) in [6.45, 7) is 17.3. The van der Waals surface area contributed by atoms with E-state index in [1.807, 2.05) is 13.8 Å². The van der Waals surface area contributed by atoms with Gasteiger partial charge < -0.3 is 0 Å². The minimum absolute atomic E-state index is 0. The fourth-order valence-corrected chi connectivity index (χ4v) is 4.41. The summed E-state index contributed by atoms with van der Waals surface area (Å²) in [5, 5.41) is 0. The quantitative estimate of drug-likeness (QED) is 0.393. The Morgan fingerprint density at radius 1 is 0.667 bits per heavy atom. The molecule has 4 aliphatic carbocycles. The highest BCUT2D eigenvalue weighted by molar-refractivity contribution is 5.78. The van der Waals surface area contributed by atoms with Gasteiger partial charge in [-0.25, -0.2) is 0 Å². The predicted molar refractivity (Wildman–Crippen MR) is 154 cm³/mol. The molecule has 4 saturated carbocycles. The molecule has 33 heavy (non-hydrogen) atoms. The maximum atomic E-state index is 10.5. The van der Waals surface area contributed by atoms with Crippen LogP contribution in [-0.2, 0) is 4.79 Å². The van der Waals surface area contributed by atoms with Gasteiger partial charge in [0.05, 0.1) is 0 Å². The van der Waals surface area contributed by atoms with Crippen LogP contribution in [0.2, 0.25) is 0 Å². The second kappa shape index (κ2) is 26.3. The summed E-state index contributed by atoms with van der Waals surface area (Å²) in [5.41, 5.74) is 0.750. The van der Waals surface area contributed by atoms with E-state index >= 15 is 0 Å². The van der Waals surface area contributed by atoms with E-state index in [2.05, 4.69) is 41.5 Å². The van der Waals surface area contributed by atoms with Crippen LogP contribution >= 0.6 is 0 Å². The number of Topliss-reactive ketones (excluding diaryl/α,β-unsaturated/α-hetero) is 1. The Kier molecular flexibility index (Phi) is 29.6. The SMILES string of the molecule is C.C1CCC2CCCCC2C1.CC.CC1(C)CC1.CCC.CCCCC.O=C1CCCCC1. The highest BCUT2D eigenvalue weighted by Gasteiger charge is 2.30. The maximum absolute atomic E-state index is 10.5. The molecule has 0 atom stereocenters. The number of ketones is 1. The number of carbonyl (C=O) groups is 1. The monoisotopic (exact) mass is 469 g/mol. The average molecular weight is 469 g/mol. The highest BCUT2D eigenvalue weighted by Crippen LogP contribution is 2.43. The van der Waals surface area contributed by atoms with Gasteiger partial charge in [0.1, 0.15) is 5.78 Å². The smallest absolute Gasteiger partial charge is 0.132 e. The molecule has 4 rings (SSSR count). The number of rotatable bonds is 2. The molecule has 0 aromatic rings. The molecule has 0 aliphatic heterocycles. The fourth-order valence-electron chi connectivity index (χ4n) is 4.41. The van der Waals surface area contributed by atoms with Gasteiger partial charge in [-0.15, -0.1) is 0 Å². The van der Waals surface area contributed by atoms with Crippen LogP contribution < -0.4 is 0 Å². The van der Waals surface area contributed by atoms with Crippen molar-refractivity contribution >= 4 is 5.78 Å². The number of fused-ring (bicyclic) bond motifs is 1. The van der Waals surface area contributed by atoms with Crippen LogP contribution in [-0.4, -0.2) is 5.78 Å². The van der Waals surface area contributed by atoms with E-state index in [9.17, 15) is 4.79 Å². The minimum Gasteiger partial charge on any atom is -0.300 e. The van der Waals surface area contributed by atoms with E-state index in [0.717, 1.165) is 42.9 Å². The van der Waals surface area contributed by atoms with E-state index < -0.39 is 0 Å². The van der Waals surface area contributed by atoms with Crippen molar-refractivity contribution in [2.45, 2.75) is 185 Å². The van der Waals surface area contributed by atoms with E-state index in [1.165, 1.54) is 70.6 Å². The molecule has 4 fully saturated rings. The Morgan fingerprint density at radius 2 is 0.970 bits per heavy atom. The third kappa shape index (κ3) is 26.1. The summed E-state index contributed by atoms with van der Waals surface area (Å²) < 4.78 is 0. The van der Waals surface area contributed by atoms with Gasteiger partial charge >= 0.3 is 0 Å². The van der Waals surface area contributed by atoms with Crippen molar-refractivity contribution < 1.29 is 4.79 Å². The van der Waals surface area contributed by atoms with Crippen LogP contribution in [0.5, 0.6) is 0 Å². The molecule has 1 heteroatoms. The molecule has 202 valence electrons. The summed E-state index contributed by atoms with van der Waals surface area (Å²) in [7, 11) is 0. The summed E-state index contributed by atoms with van der Waals surface area (Å²) in [4.78, 5) is 10.5. The third-order valence-corrected chi connectivity index (χ3v) is 6.83. The van der Waals surface area contributed by atoms with E-state index in [0.29, 0.717) is 5.78 Å². The normalized spacial score (nSPS) is 23.7. The van der Waals surface area contributed by atoms with Gasteiger partial charge in [-0.2, -0.15) is 0 Å². The standard InChI is InChI=1S/C10H18.C6H10O.C5H10.C5H12.C3H8.C2H6.CH4/c1-2-6-10-8-4-3-7-9(10)5-1;7-6-4-2-1-3-5-6;1-5(2)3-4-5;1-3-5-4-2;1-3-2;1-2;/h9-10H,1-8H2;1-5H2;3-4H2,1-2H3;3-5H2,1-2H3;3H2,1-2H3;1-2H3;1H4. The van der Waals surface area contributed by atoms with E-state index in [4.69, 9.17) is 0 Å². The number of unbranched alkanes of at least 4 members (excludes halogenated alkanes) is 2. The molecular weight excluding hydrogens is 400 g/mol. The lowest BCUT2D eigenvalue weighted by atomic mass is 9.71. The Morgan fingerprint density at radius 3 is 1.12 bits per heavy atom. The molecule has 4 aliphatic rings. The van der Waals surface area contributed by atoms with Gasteiger partial charge in [0.2, 0.25) is 0 Å². The van der Waals surface area contributed by atoms with Crippen LogP contribution in [0.3, 0.4) is 0 Å². The van der Waals surface area contributed by atoms with Crippen molar-refractivity contribution in [3.05, 3.63) is 0 Å². The lowest BCUT2D eigenvalue weighted by Crippen LogP contribution is -2.22. The van der Waals surface area contributed by atoms with Crippen molar-refractivity contribution in [1.82, 2.24) is 0 Å². The first kappa shape index (κ1) is 37.2. The minimum atomic E-state index is 0. The number of hydrogen-bond donors (Lipinski definition) is 0. The van der Waals surface area contributed by atoms with Gasteiger partial charge in [-0.3, -0.25) is 4.79 Å². The summed E-state index contributed by atoms with van der Waals surface area (Å²) in [6.07, 6.45) is 25.8. The number of carbonyl (C=O) groups excluding carboxylic acids is 1. The summed E-state index contributed by atoms with van der Waals surface area (Å²) in [6, 6.07) is 0. The Labute approximate surface area is 212 Å². The van der Waals surface area contributed by atoms with Gasteiger partial charge in [-0.05, 0) is 42.9 Å². The van der Waals surface area contributed by atoms with Crippen LogP contribution in [0.1, 0.15) is 185 Å². The van der Waals surface area contributed by atoms with Crippen molar-refractivity contribution in [3.8, 4) is 0 Å². The predicted octanol–water partition coefficient (Wildman–Crippen LogP) is 12.0. The van der Waals surface area contributed by atoms with Crippen LogP contribution in [0.4, 0.5) is 0 Å². The molecule has 0 spiro atoms. The molecular formula is C32H68O. The molecule has 0 bridgehead atoms. The van der Waals surface area contributed by atoms with Crippen LogP contribution in [0, 0.1) is 17.3 Å². The largest absolute Gasteiger partial charge is 0.300 e. The summed E-state index contributed by atoms with van der Waals surface area (Å²) in [5.74, 6) is 2.77. The van der Waals surface area contributed by atoms with Crippen LogP contribution in [0.15, 0.2) is 0 Å². The first-order chi connectivity index (χ1) is 15.4. The third-order valence-electron chi connectivity index (χ3n) is 6.83. The molecule has 0 radical (unpaired) electrons. The van der Waals surface area contributed by atoms with Crippen molar-refractivity contribution in [1.29, 1.82) is 0 Å². The Balaban J connectivity index is -0.000000350. The van der Waals surface area contributed by atoms with E-state index in [1.54, 1.807) is 25.7 Å². The van der Waals surface area contributed by atoms with Crippen molar-refractivity contribution in [3.63, 3.8) is 0 Å². The van der Waals surface area contributed by atoms with Gasteiger partial charge in [0, 0.05) is 12.8 Å². The summed E-state index contributed by atoms with van der Waals surface area (Å²) >= 11 is 0. The highest BCUT2D eigenvalue weighted by atomic mass is 16.1. The lowest BCUT2D eigenvalue weighted by molar-refractivity contribution is -0.120. The van der Waals surface area contributed by atoms with Gasteiger partial charge in [0.15, 0.2) is 0 Å². The zero-order valence-corrected chi connectivity index (χ0v) is 24.0. The Hall–Kier alpha value is -0.330. The molecule has 0 unspecified atom stereocenters.